The van der Waals surface area contributed by atoms with E-state index in [-0.39, 0.29) is 0 Å². The van der Waals surface area contributed by atoms with Crippen molar-refractivity contribution < 1.29 is 0 Å². The molecule has 20 heavy (non-hydrogen) atoms. The van der Waals surface area contributed by atoms with Crippen LogP contribution in [0.2, 0.25) is 0 Å². The molecule has 0 N–H and O–H groups in total. The number of rotatable bonds is 4. The minimum absolute atomic E-state index is 0.525. The van der Waals surface area contributed by atoms with E-state index in [2.05, 4.69) is 87.2 Å². The number of benzene rings is 1. The zero-order chi connectivity index (χ0) is 15.8. The van der Waals surface area contributed by atoms with E-state index in [1.54, 1.807) is 0 Å². The highest BCUT2D eigenvalue weighted by Crippen LogP contribution is 2.46. The van der Waals surface area contributed by atoms with E-state index in [1.165, 1.54) is 31.2 Å². The second-order valence-electron chi connectivity index (χ2n) is 6.90. The van der Waals surface area contributed by atoms with Gasteiger partial charge in [0, 0.05) is 8.95 Å². The van der Waals surface area contributed by atoms with Crippen LogP contribution in [0.5, 0.6) is 0 Å². The standard InChI is InChI=1S/C18H28Br2/c1-9(2)13-14(10(3)4)18(20)16(12(7)8)15(11(5)6)17(13)19/h9-12H,1-8H3. The van der Waals surface area contributed by atoms with Gasteiger partial charge in [0.15, 0.2) is 0 Å². The number of hydrogen-bond donors (Lipinski definition) is 0. The topological polar surface area (TPSA) is 0 Å². The Labute approximate surface area is 142 Å². The average Bonchev–Trinajstić information content (AvgIpc) is 2.28. The molecule has 0 saturated heterocycles. The number of hydrogen-bond acceptors (Lipinski definition) is 0. The maximum Gasteiger partial charge on any atom is 0.0251 e. The first kappa shape index (κ1) is 18.2. The van der Waals surface area contributed by atoms with Crippen molar-refractivity contribution in [3.8, 4) is 0 Å². The van der Waals surface area contributed by atoms with Crippen LogP contribution >= 0.6 is 31.9 Å². The summed E-state index contributed by atoms with van der Waals surface area (Å²) in [5.41, 5.74) is 5.89. The molecule has 1 aromatic rings. The van der Waals surface area contributed by atoms with Crippen LogP contribution in [0.3, 0.4) is 0 Å². The normalized spacial score (nSPS) is 12.3. The number of halogens is 2. The molecule has 2 heteroatoms. The van der Waals surface area contributed by atoms with E-state index in [4.69, 9.17) is 0 Å². The lowest BCUT2D eigenvalue weighted by molar-refractivity contribution is 0.733. The van der Waals surface area contributed by atoms with Crippen LogP contribution in [0, 0.1) is 0 Å². The molecule has 0 aliphatic heterocycles. The lowest BCUT2D eigenvalue weighted by Gasteiger charge is -2.29. The van der Waals surface area contributed by atoms with E-state index in [9.17, 15) is 0 Å². The van der Waals surface area contributed by atoms with Crippen molar-refractivity contribution in [1.82, 2.24) is 0 Å². The Morgan fingerprint density at radius 3 is 0.700 bits per heavy atom. The molecule has 0 atom stereocenters. The van der Waals surface area contributed by atoms with Gasteiger partial charge in [-0.1, -0.05) is 87.2 Å². The fraction of sp³-hybridized carbons (Fsp3) is 0.667. The van der Waals surface area contributed by atoms with E-state index in [0.717, 1.165) is 0 Å². The third-order valence-electron chi connectivity index (χ3n) is 3.84. The smallest absolute Gasteiger partial charge is 0.0251 e. The molecule has 0 nitrogen and oxygen atoms in total. The molecule has 0 bridgehead atoms. The highest BCUT2D eigenvalue weighted by atomic mass is 79.9. The van der Waals surface area contributed by atoms with Crippen molar-refractivity contribution in [1.29, 1.82) is 0 Å². The Balaban J connectivity index is 3.89. The van der Waals surface area contributed by atoms with Crippen LogP contribution in [0.4, 0.5) is 0 Å². The molecule has 0 unspecified atom stereocenters. The molecule has 0 aliphatic carbocycles. The molecule has 0 heterocycles. The van der Waals surface area contributed by atoms with Crippen LogP contribution in [0.25, 0.3) is 0 Å². The molecular weight excluding hydrogens is 376 g/mol. The molecule has 0 aliphatic rings. The summed E-state index contributed by atoms with van der Waals surface area (Å²) in [6.45, 7) is 18.3. The zero-order valence-corrected chi connectivity index (χ0v) is 17.2. The molecule has 0 fully saturated rings. The van der Waals surface area contributed by atoms with Gasteiger partial charge in [0.25, 0.3) is 0 Å². The molecular formula is C18H28Br2. The van der Waals surface area contributed by atoms with Crippen molar-refractivity contribution in [2.24, 2.45) is 0 Å². The second-order valence-corrected chi connectivity index (χ2v) is 8.49. The van der Waals surface area contributed by atoms with Crippen molar-refractivity contribution in [3.63, 3.8) is 0 Å². The van der Waals surface area contributed by atoms with Crippen LogP contribution in [0.1, 0.15) is 101 Å². The van der Waals surface area contributed by atoms with Gasteiger partial charge in [0.05, 0.1) is 0 Å². The van der Waals surface area contributed by atoms with Gasteiger partial charge in [0.1, 0.15) is 0 Å². The first-order valence-corrected chi connectivity index (χ1v) is 9.24. The molecule has 0 radical (unpaired) electrons. The van der Waals surface area contributed by atoms with Crippen LogP contribution in [-0.4, -0.2) is 0 Å². The molecule has 0 spiro atoms. The van der Waals surface area contributed by atoms with Crippen molar-refractivity contribution >= 4 is 31.9 Å². The fourth-order valence-corrected chi connectivity index (χ4v) is 5.71. The quantitative estimate of drug-likeness (QED) is 0.482. The van der Waals surface area contributed by atoms with Gasteiger partial charge >= 0.3 is 0 Å². The predicted molar refractivity (Wildman–Crippen MR) is 98.2 cm³/mol. The minimum atomic E-state index is 0.525. The lowest BCUT2D eigenvalue weighted by Crippen LogP contribution is -2.11. The first-order valence-electron chi connectivity index (χ1n) is 7.65. The predicted octanol–water partition coefficient (Wildman–Crippen LogP) is 7.71. The fourth-order valence-electron chi connectivity index (χ4n) is 3.02. The van der Waals surface area contributed by atoms with Crippen LogP contribution in [0.15, 0.2) is 8.95 Å². The van der Waals surface area contributed by atoms with Gasteiger partial charge in [0.2, 0.25) is 0 Å². The van der Waals surface area contributed by atoms with Gasteiger partial charge in [-0.15, -0.1) is 0 Å². The maximum absolute atomic E-state index is 3.93. The summed E-state index contributed by atoms with van der Waals surface area (Å²) >= 11 is 7.87. The monoisotopic (exact) mass is 402 g/mol. The summed E-state index contributed by atoms with van der Waals surface area (Å²) in [4.78, 5) is 0. The zero-order valence-electron chi connectivity index (χ0n) is 14.1. The van der Waals surface area contributed by atoms with Gasteiger partial charge in [-0.3, -0.25) is 0 Å². The Hall–Kier alpha value is 0.180. The van der Waals surface area contributed by atoms with E-state index in [0.29, 0.717) is 23.7 Å². The highest BCUT2D eigenvalue weighted by molar-refractivity contribution is 9.11. The van der Waals surface area contributed by atoms with Gasteiger partial charge in [-0.2, -0.15) is 0 Å². The van der Waals surface area contributed by atoms with Gasteiger partial charge in [-0.05, 0) is 45.9 Å². The summed E-state index contributed by atoms with van der Waals surface area (Å²) in [5, 5.41) is 0. The molecule has 0 aromatic heterocycles. The van der Waals surface area contributed by atoms with E-state index in [1.807, 2.05) is 0 Å². The third kappa shape index (κ3) is 3.32. The molecule has 0 amide bonds. The summed E-state index contributed by atoms with van der Waals surface area (Å²) < 4.78 is 2.66. The molecule has 114 valence electrons. The van der Waals surface area contributed by atoms with Crippen LogP contribution < -0.4 is 0 Å². The van der Waals surface area contributed by atoms with Crippen molar-refractivity contribution in [3.05, 3.63) is 31.2 Å². The SMILES string of the molecule is CC(C)c1c(Br)c(C(C)C)c(C(C)C)c(Br)c1C(C)C. The molecule has 1 rings (SSSR count). The lowest BCUT2D eigenvalue weighted by atomic mass is 9.81. The van der Waals surface area contributed by atoms with Crippen molar-refractivity contribution in [2.75, 3.05) is 0 Å². The Morgan fingerprint density at radius 1 is 0.450 bits per heavy atom. The molecule has 0 saturated carbocycles. The Kier molecular flexibility index (Phi) is 6.34. The van der Waals surface area contributed by atoms with Gasteiger partial charge in [-0.25, -0.2) is 0 Å². The van der Waals surface area contributed by atoms with Crippen molar-refractivity contribution in [2.45, 2.75) is 79.1 Å². The van der Waals surface area contributed by atoms with Gasteiger partial charge < -0.3 is 0 Å². The summed E-state index contributed by atoms with van der Waals surface area (Å²) in [5.74, 6) is 2.10. The van der Waals surface area contributed by atoms with Crippen LogP contribution in [-0.2, 0) is 0 Å². The van der Waals surface area contributed by atoms with E-state index >= 15 is 0 Å². The first-order chi connectivity index (χ1) is 9.11. The summed E-state index contributed by atoms with van der Waals surface area (Å²) in [6, 6.07) is 0. The third-order valence-corrected chi connectivity index (χ3v) is 5.54. The minimum Gasteiger partial charge on any atom is -0.0586 e. The highest BCUT2D eigenvalue weighted by Gasteiger charge is 2.26. The largest absolute Gasteiger partial charge is 0.0586 e. The summed E-state index contributed by atoms with van der Waals surface area (Å²) in [6.07, 6.45) is 0. The maximum atomic E-state index is 3.93. The Bertz CT molecular complexity index is 397. The summed E-state index contributed by atoms with van der Waals surface area (Å²) in [7, 11) is 0. The average molecular weight is 404 g/mol. The molecule has 1 aromatic carbocycles. The van der Waals surface area contributed by atoms with E-state index < -0.39 is 0 Å². The second kappa shape index (κ2) is 6.96. The Morgan fingerprint density at radius 2 is 0.600 bits per heavy atom.